The summed E-state index contributed by atoms with van der Waals surface area (Å²) in [6.07, 6.45) is 2.55. The maximum absolute atomic E-state index is 3.43. The van der Waals surface area contributed by atoms with Crippen LogP contribution in [0, 0.1) is 0 Å². The highest BCUT2D eigenvalue weighted by Gasteiger charge is 2.18. The van der Waals surface area contributed by atoms with Gasteiger partial charge in [0.25, 0.3) is 0 Å². The Morgan fingerprint density at radius 2 is 2.00 bits per heavy atom. The van der Waals surface area contributed by atoms with E-state index < -0.39 is 0 Å². The monoisotopic (exact) mass is 296 g/mol. The number of hydrogen-bond donors (Lipinski definition) is 1. The minimum atomic E-state index is 0. The van der Waals surface area contributed by atoms with Gasteiger partial charge in [0.15, 0.2) is 0 Å². The first-order chi connectivity index (χ1) is 8.84. The molecule has 0 unspecified atom stereocenters. The van der Waals surface area contributed by atoms with E-state index in [1.807, 2.05) is 11.3 Å². The average molecular weight is 297 g/mol. The zero-order valence-electron chi connectivity index (χ0n) is 11.3. The van der Waals surface area contributed by atoms with Gasteiger partial charge in [-0.1, -0.05) is 18.2 Å². The lowest BCUT2D eigenvalue weighted by Gasteiger charge is -2.31. The molecule has 4 heteroatoms. The van der Waals surface area contributed by atoms with Crippen LogP contribution in [0.15, 0.2) is 29.6 Å². The third kappa shape index (κ3) is 3.29. The molecule has 1 aromatic carbocycles. The van der Waals surface area contributed by atoms with Crippen molar-refractivity contribution in [1.29, 1.82) is 0 Å². The molecule has 1 saturated heterocycles. The molecule has 2 heterocycles. The van der Waals surface area contributed by atoms with Crippen LogP contribution in [0.3, 0.4) is 0 Å². The van der Waals surface area contributed by atoms with Crippen LogP contribution in [0.1, 0.15) is 18.4 Å². The molecule has 0 spiro atoms. The van der Waals surface area contributed by atoms with Crippen molar-refractivity contribution < 1.29 is 0 Å². The fourth-order valence-electron chi connectivity index (χ4n) is 2.80. The molecule has 3 rings (SSSR count). The molecule has 0 aliphatic carbocycles. The number of nitrogens with one attached hydrogen (secondary N) is 1. The molecule has 1 fully saturated rings. The predicted molar refractivity (Wildman–Crippen MR) is 86.4 cm³/mol. The molecule has 1 aromatic heterocycles. The second-order valence-corrected chi connectivity index (χ2v) is 6.06. The largest absolute Gasteiger partial charge is 0.317 e. The van der Waals surface area contributed by atoms with E-state index in [1.165, 1.54) is 41.6 Å². The van der Waals surface area contributed by atoms with Crippen molar-refractivity contribution in [3.8, 4) is 0 Å². The van der Waals surface area contributed by atoms with Crippen LogP contribution in [0.2, 0.25) is 0 Å². The second-order valence-electron chi connectivity index (χ2n) is 5.15. The quantitative estimate of drug-likeness (QED) is 0.932. The summed E-state index contributed by atoms with van der Waals surface area (Å²) in [5.41, 5.74) is 1.48. The summed E-state index contributed by atoms with van der Waals surface area (Å²) < 4.78 is 1.41. The molecular formula is C15H21ClN2S. The van der Waals surface area contributed by atoms with Crippen molar-refractivity contribution in [2.45, 2.75) is 25.4 Å². The Bertz CT molecular complexity index is 520. The molecule has 2 aromatic rings. The maximum atomic E-state index is 3.43. The number of fused-ring (bicyclic) bond motifs is 1. The summed E-state index contributed by atoms with van der Waals surface area (Å²) in [5.74, 6) is 0. The predicted octanol–water partition coefficient (Wildman–Crippen LogP) is 3.51. The Labute approximate surface area is 125 Å². The molecule has 1 aliphatic heterocycles. The maximum Gasteiger partial charge on any atom is 0.0346 e. The van der Waals surface area contributed by atoms with Gasteiger partial charge in [0.05, 0.1) is 0 Å². The van der Waals surface area contributed by atoms with Gasteiger partial charge in [-0.05, 0) is 55.4 Å². The highest BCUT2D eigenvalue weighted by Crippen LogP contribution is 2.27. The van der Waals surface area contributed by atoms with Crippen molar-refractivity contribution in [3.05, 3.63) is 35.2 Å². The van der Waals surface area contributed by atoms with Crippen LogP contribution in [0.4, 0.5) is 0 Å². The molecule has 0 saturated carbocycles. The SMILES string of the molecule is CN(Cc1csc2ccccc12)C1CCNCC1.Cl. The first kappa shape index (κ1) is 14.8. The second kappa shape index (κ2) is 6.71. The first-order valence-electron chi connectivity index (χ1n) is 6.70. The average Bonchev–Trinajstić information content (AvgIpc) is 2.83. The van der Waals surface area contributed by atoms with Gasteiger partial charge in [-0.25, -0.2) is 0 Å². The molecule has 1 N–H and O–H groups in total. The van der Waals surface area contributed by atoms with Gasteiger partial charge in [-0.15, -0.1) is 23.7 Å². The Balaban J connectivity index is 0.00000133. The van der Waals surface area contributed by atoms with E-state index in [-0.39, 0.29) is 12.4 Å². The van der Waals surface area contributed by atoms with Crippen LogP contribution in [0.25, 0.3) is 10.1 Å². The van der Waals surface area contributed by atoms with Gasteiger partial charge in [-0.2, -0.15) is 0 Å². The van der Waals surface area contributed by atoms with Crippen molar-refractivity contribution in [1.82, 2.24) is 10.2 Å². The zero-order valence-corrected chi connectivity index (χ0v) is 12.9. The lowest BCUT2D eigenvalue weighted by Crippen LogP contribution is -2.40. The number of benzene rings is 1. The Morgan fingerprint density at radius 3 is 2.79 bits per heavy atom. The van der Waals surface area contributed by atoms with E-state index in [0.29, 0.717) is 0 Å². The van der Waals surface area contributed by atoms with Gasteiger partial charge < -0.3 is 5.32 Å². The molecule has 2 nitrogen and oxygen atoms in total. The number of halogens is 1. The molecule has 0 amide bonds. The van der Waals surface area contributed by atoms with E-state index in [4.69, 9.17) is 0 Å². The summed E-state index contributed by atoms with van der Waals surface area (Å²) in [6, 6.07) is 9.47. The highest BCUT2D eigenvalue weighted by molar-refractivity contribution is 7.17. The fourth-order valence-corrected chi connectivity index (χ4v) is 3.75. The van der Waals surface area contributed by atoms with Crippen LogP contribution in [0.5, 0.6) is 0 Å². The Kier molecular flexibility index (Phi) is 5.22. The minimum absolute atomic E-state index is 0. The van der Waals surface area contributed by atoms with Crippen LogP contribution in [-0.4, -0.2) is 31.1 Å². The van der Waals surface area contributed by atoms with Gasteiger partial charge in [0.1, 0.15) is 0 Å². The number of piperidine rings is 1. The van der Waals surface area contributed by atoms with Crippen LogP contribution in [-0.2, 0) is 6.54 Å². The highest BCUT2D eigenvalue weighted by atomic mass is 35.5. The smallest absolute Gasteiger partial charge is 0.0346 e. The fraction of sp³-hybridized carbons (Fsp3) is 0.467. The summed E-state index contributed by atoms with van der Waals surface area (Å²) >= 11 is 1.86. The Morgan fingerprint density at radius 1 is 1.26 bits per heavy atom. The molecule has 0 bridgehead atoms. The van der Waals surface area contributed by atoms with Gasteiger partial charge in [0.2, 0.25) is 0 Å². The third-order valence-electron chi connectivity index (χ3n) is 3.91. The van der Waals surface area contributed by atoms with E-state index in [1.54, 1.807) is 0 Å². The molecule has 19 heavy (non-hydrogen) atoms. The van der Waals surface area contributed by atoms with Gasteiger partial charge in [-0.3, -0.25) is 4.90 Å². The summed E-state index contributed by atoms with van der Waals surface area (Å²) in [5, 5.41) is 7.19. The summed E-state index contributed by atoms with van der Waals surface area (Å²) in [4.78, 5) is 2.52. The molecule has 104 valence electrons. The Hall–Kier alpha value is -0.610. The van der Waals surface area contributed by atoms with Crippen molar-refractivity contribution in [2.75, 3.05) is 20.1 Å². The molecule has 0 atom stereocenters. The third-order valence-corrected chi connectivity index (χ3v) is 4.93. The zero-order chi connectivity index (χ0) is 12.4. The first-order valence-corrected chi connectivity index (χ1v) is 7.58. The van der Waals surface area contributed by atoms with E-state index >= 15 is 0 Å². The van der Waals surface area contributed by atoms with Crippen LogP contribution < -0.4 is 5.32 Å². The minimum Gasteiger partial charge on any atom is -0.317 e. The van der Waals surface area contributed by atoms with E-state index in [9.17, 15) is 0 Å². The van der Waals surface area contributed by atoms with Crippen LogP contribution >= 0.6 is 23.7 Å². The molecular weight excluding hydrogens is 276 g/mol. The van der Waals surface area contributed by atoms with Gasteiger partial charge >= 0.3 is 0 Å². The van der Waals surface area contributed by atoms with Crippen molar-refractivity contribution in [2.24, 2.45) is 0 Å². The van der Waals surface area contributed by atoms with Gasteiger partial charge in [0, 0.05) is 17.3 Å². The van der Waals surface area contributed by atoms with Crippen molar-refractivity contribution >= 4 is 33.8 Å². The normalized spacial score (nSPS) is 16.7. The number of hydrogen-bond acceptors (Lipinski definition) is 3. The molecule has 0 radical (unpaired) electrons. The lowest BCUT2D eigenvalue weighted by atomic mass is 10.0. The molecule has 1 aliphatic rings. The number of rotatable bonds is 3. The standard InChI is InChI=1S/C15H20N2S.ClH/c1-17(13-6-8-16-9-7-13)10-12-11-18-15-5-3-2-4-14(12)15;/h2-5,11,13,16H,6-10H2,1H3;1H. The number of thiophene rings is 1. The number of nitrogens with zero attached hydrogens (tertiary/aromatic N) is 1. The summed E-state index contributed by atoms with van der Waals surface area (Å²) in [6.45, 7) is 3.41. The lowest BCUT2D eigenvalue weighted by molar-refractivity contribution is 0.192. The summed E-state index contributed by atoms with van der Waals surface area (Å²) in [7, 11) is 2.27. The topological polar surface area (TPSA) is 15.3 Å². The van der Waals surface area contributed by atoms with E-state index in [0.717, 1.165) is 12.6 Å². The van der Waals surface area contributed by atoms with Crippen molar-refractivity contribution in [3.63, 3.8) is 0 Å². The van der Waals surface area contributed by atoms with E-state index in [2.05, 4.69) is 46.9 Å².